The van der Waals surface area contributed by atoms with Gasteiger partial charge in [0.2, 0.25) is 0 Å². The number of methoxy groups -OCH3 is 2. The van der Waals surface area contributed by atoms with Gasteiger partial charge in [0.1, 0.15) is 5.75 Å². The molecule has 0 bridgehead atoms. The van der Waals surface area contributed by atoms with Crippen LogP contribution in [0.5, 0.6) is 5.75 Å². The molecule has 0 aromatic heterocycles. The second kappa shape index (κ2) is 5.44. The topological polar surface area (TPSA) is 61.5 Å². The van der Waals surface area contributed by atoms with Gasteiger partial charge in [-0.15, -0.1) is 0 Å². The summed E-state index contributed by atoms with van der Waals surface area (Å²) in [5, 5.41) is 0. The van der Waals surface area contributed by atoms with Gasteiger partial charge in [0.05, 0.1) is 19.8 Å². The van der Waals surface area contributed by atoms with Crippen molar-refractivity contribution in [3.8, 4) is 16.9 Å². The van der Waals surface area contributed by atoms with Gasteiger partial charge in [-0.25, -0.2) is 4.79 Å². The first-order valence-corrected chi connectivity index (χ1v) is 5.77. The molecule has 2 aromatic carbocycles. The molecule has 0 saturated carbocycles. The average molecular weight is 257 g/mol. The highest BCUT2D eigenvalue weighted by Gasteiger charge is 2.06. The molecule has 4 nitrogen and oxygen atoms in total. The zero-order valence-corrected chi connectivity index (χ0v) is 10.8. The van der Waals surface area contributed by atoms with Gasteiger partial charge in [0.25, 0.3) is 0 Å². The first-order valence-electron chi connectivity index (χ1n) is 5.77. The van der Waals surface area contributed by atoms with Gasteiger partial charge in [-0.1, -0.05) is 12.1 Å². The summed E-state index contributed by atoms with van der Waals surface area (Å²) in [7, 11) is 2.96. The summed E-state index contributed by atoms with van der Waals surface area (Å²) in [5.74, 6) is 0.351. The Morgan fingerprint density at radius 1 is 1.00 bits per heavy atom. The number of esters is 1. The lowest BCUT2D eigenvalue weighted by Gasteiger charge is -2.07. The molecule has 0 fully saturated rings. The standard InChI is InChI=1S/C15H15NO3/c1-18-14-8-12(7-13(16)9-14)10-3-5-11(6-4-10)15(17)19-2/h3-9H,16H2,1-2H3. The fraction of sp³-hybridized carbons (Fsp3) is 0.133. The zero-order valence-electron chi connectivity index (χ0n) is 10.8. The molecule has 0 aliphatic carbocycles. The lowest BCUT2D eigenvalue weighted by molar-refractivity contribution is 0.0601. The summed E-state index contributed by atoms with van der Waals surface area (Å²) >= 11 is 0. The zero-order chi connectivity index (χ0) is 13.8. The van der Waals surface area contributed by atoms with E-state index < -0.39 is 0 Å². The molecule has 4 heteroatoms. The van der Waals surface area contributed by atoms with Crippen molar-refractivity contribution in [1.29, 1.82) is 0 Å². The number of ether oxygens (including phenoxy) is 2. The Morgan fingerprint density at radius 3 is 2.26 bits per heavy atom. The normalized spacial score (nSPS) is 10.0. The molecular weight excluding hydrogens is 242 g/mol. The Labute approximate surface area is 111 Å². The van der Waals surface area contributed by atoms with Crippen molar-refractivity contribution in [3.63, 3.8) is 0 Å². The Bertz CT molecular complexity index is 591. The maximum atomic E-state index is 11.4. The molecule has 0 aliphatic rings. The van der Waals surface area contributed by atoms with Gasteiger partial charge in [-0.05, 0) is 35.4 Å². The number of anilines is 1. The summed E-state index contributed by atoms with van der Waals surface area (Å²) in [6.07, 6.45) is 0. The molecule has 2 N–H and O–H groups in total. The molecule has 0 atom stereocenters. The van der Waals surface area contributed by atoms with Crippen molar-refractivity contribution in [2.75, 3.05) is 20.0 Å². The Morgan fingerprint density at radius 2 is 1.68 bits per heavy atom. The van der Waals surface area contributed by atoms with Crippen LogP contribution in [-0.4, -0.2) is 20.2 Å². The van der Waals surface area contributed by atoms with Gasteiger partial charge < -0.3 is 15.2 Å². The van der Waals surface area contributed by atoms with Crippen LogP contribution in [0.15, 0.2) is 42.5 Å². The fourth-order valence-corrected chi connectivity index (χ4v) is 1.82. The molecule has 19 heavy (non-hydrogen) atoms. The summed E-state index contributed by atoms with van der Waals surface area (Å²) in [5.41, 5.74) is 8.86. The Kier molecular flexibility index (Phi) is 3.71. The second-order valence-corrected chi connectivity index (χ2v) is 4.06. The molecule has 2 aromatic rings. The molecule has 0 spiro atoms. The maximum Gasteiger partial charge on any atom is 0.337 e. The highest BCUT2D eigenvalue weighted by Crippen LogP contribution is 2.27. The molecule has 0 amide bonds. The highest BCUT2D eigenvalue weighted by atomic mass is 16.5. The minimum absolute atomic E-state index is 0.350. The lowest BCUT2D eigenvalue weighted by atomic mass is 10.0. The van der Waals surface area contributed by atoms with Crippen molar-refractivity contribution in [3.05, 3.63) is 48.0 Å². The summed E-state index contributed by atoms with van der Waals surface area (Å²) in [6.45, 7) is 0. The van der Waals surface area contributed by atoms with E-state index in [9.17, 15) is 4.79 Å². The molecule has 98 valence electrons. The van der Waals surface area contributed by atoms with E-state index in [2.05, 4.69) is 4.74 Å². The van der Waals surface area contributed by atoms with Gasteiger partial charge in [-0.2, -0.15) is 0 Å². The number of carbonyl (C=O) groups is 1. The highest BCUT2D eigenvalue weighted by molar-refractivity contribution is 5.90. The van der Waals surface area contributed by atoms with Gasteiger partial charge in [0.15, 0.2) is 0 Å². The number of carbonyl (C=O) groups excluding carboxylic acids is 1. The molecule has 0 radical (unpaired) electrons. The first kappa shape index (κ1) is 13.0. The smallest absolute Gasteiger partial charge is 0.337 e. The van der Waals surface area contributed by atoms with E-state index in [4.69, 9.17) is 10.5 Å². The Hall–Kier alpha value is -2.49. The van der Waals surface area contributed by atoms with E-state index in [0.717, 1.165) is 11.1 Å². The van der Waals surface area contributed by atoms with Crippen molar-refractivity contribution < 1.29 is 14.3 Å². The lowest BCUT2D eigenvalue weighted by Crippen LogP contribution is -2.00. The van der Waals surface area contributed by atoms with Crippen molar-refractivity contribution in [1.82, 2.24) is 0 Å². The molecular formula is C15H15NO3. The van der Waals surface area contributed by atoms with Crippen LogP contribution >= 0.6 is 0 Å². The molecule has 0 unspecified atom stereocenters. The van der Waals surface area contributed by atoms with E-state index in [0.29, 0.717) is 17.0 Å². The van der Waals surface area contributed by atoms with Crippen LogP contribution in [0, 0.1) is 0 Å². The SMILES string of the molecule is COC(=O)c1ccc(-c2cc(N)cc(OC)c2)cc1. The molecule has 2 rings (SSSR count). The predicted octanol–water partition coefficient (Wildman–Crippen LogP) is 2.73. The van der Waals surface area contributed by atoms with Crippen molar-refractivity contribution in [2.24, 2.45) is 0 Å². The largest absolute Gasteiger partial charge is 0.497 e. The quantitative estimate of drug-likeness (QED) is 0.678. The van der Waals surface area contributed by atoms with Crippen molar-refractivity contribution in [2.45, 2.75) is 0 Å². The van der Waals surface area contributed by atoms with E-state index in [1.165, 1.54) is 7.11 Å². The monoisotopic (exact) mass is 257 g/mol. The van der Waals surface area contributed by atoms with Crippen LogP contribution in [0.1, 0.15) is 10.4 Å². The van der Waals surface area contributed by atoms with E-state index in [1.54, 1.807) is 25.3 Å². The minimum atomic E-state index is -0.350. The summed E-state index contributed by atoms with van der Waals surface area (Å²) < 4.78 is 9.84. The number of hydrogen-bond acceptors (Lipinski definition) is 4. The third-order valence-electron chi connectivity index (χ3n) is 2.80. The van der Waals surface area contributed by atoms with Crippen LogP contribution in [-0.2, 0) is 4.74 Å². The van der Waals surface area contributed by atoms with Gasteiger partial charge >= 0.3 is 5.97 Å². The van der Waals surface area contributed by atoms with Crippen LogP contribution < -0.4 is 10.5 Å². The second-order valence-electron chi connectivity index (χ2n) is 4.06. The van der Waals surface area contributed by atoms with Crippen molar-refractivity contribution >= 4 is 11.7 Å². The summed E-state index contributed by atoms with van der Waals surface area (Å²) in [6, 6.07) is 12.6. The average Bonchev–Trinajstić information content (AvgIpc) is 2.46. The Balaban J connectivity index is 2.37. The molecule has 0 saturated heterocycles. The first-order chi connectivity index (χ1) is 9.13. The van der Waals surface area contributed by atoms with Crippen LogP contribution in [0.3, 0.4) is 0 Å². The number of nitrogen functional groups attached to an aromatic ring is 1. The van der Waals surface area contributed by atoms with Crippen LogP contribution in [0.2, 0.25) is 0 Å². The number of rotatable bonds is 3. The van der Waals surface area contributed by atoms with Crippen LogP contribution in [0.25, 0.3) is 11.1 Å². The van der Waals surface area contributed by atoms with E-state index in [-0.39, 0.29) is 5.97 Å². The summed E-state index contributed by atoms with van der Waals surface area (Å²) in [4.78, 5) is 11.4. The molecule has 0 heterocycles. The number of benzene rings is 2. The number of hydrogen-bond donors (Lipinski definition) is 1. The number of nitrogens with two attached hydrogens (primary N) is 1. The fourth-order valence-electron chi connectivity index (χ4n) is 1.82. The maximum absolute atomic E-state index is 11.4. The third kappa shape index (κ3) is 2.85. The van der Waals surface area contributed by atoms with E-state index in [1.807, 2.05) is 24.3 Å². The van der Waals surface area contributed by atoms with E-state index >= 15 is 0 Å². The minimum Gasteiger partial charge on any atom is -0.497 e. The molecule has 0 aliphatic heterocycles. The van der Waals surface area contributed by atoms with Gasteiger partial charge in [-0.3, -0.25) is 0 Å². The predicted molar refractivity (Wildman–Crippen MR) is 74.2 cm³/mol. The van der Waals surface area contributed by atoms with Crippen LogP contribution in [0.4, 0.5) is 5.69 Å². The third-order valence-corrected chi connectivity index (χ3v) is 2.80. The van der Waals surface area contributed by atoms with Gasteiger partial charge in [0, 0.05) is 11.8 Å².